The lowest BCUT2D eigenvalue weighted by molar-refractivity contribution is 0.513. The van der Waals surface area contributed by atoms with Crippen molar-refractivity contribution in [3.05, 3.63) is 0 Å². The summed E-state index contributed by atoms with van der Waals surface area (Å²) in [6.45, 7) is 4.53. The van der Waals surface area contributed by atoms with Crippen LogP contribution in [0.5, 0.6) is 0 Å². The zero-order valence-electron chi connectivity index (χ0n) is 6.22. The van der Waals surface area contributed by atoms with Gasteiger partial charge in [-0.1, -0.05) is 37.5 Å². The summed E-state index contributed by atoms with van der Waals surface area (Å²) in [5.74, 6) is 2.03. The summed E-state index contributed by atoms with van der Waals surface area (Å²) in [4.78, 5) is 0. The minimum atomic E-state index is 0.880. The van der Waals surface area contributed by atoms with Crippen LogP contribution < -0.4 is 0 Å². The molecule has 0 aromatic carbocycles. The summed E-state index contributed by atoms with van der Waals surface area (Å²) in [7, 11) is 1.54. The quantitative estimate of drug-likeness (QED) is 0.557. The van der Waals surface area contributed by atoms with Gasteiger partial charge in [0.15, 0.2) is 0 Å². The van der Waals surface area contributed by atoms with Gasteiger partial charge >= 0.3 is 0 Å². The highest BCUT2D eigenvalue weighted by atomic mass is 33.1. The molecule has 0 rings (SSSR count). The van der Waals surface area contributed by atoms with Gasteiger partial charge in [-0.05, 0) is 24.0 Å². The molecule has 0 aliphatic rings. The van der Waals surface area contributed by atoms with Gasteiger partial charge in [0.05, 0.1) is 0 Å². The van der Waals surface area contributed by atoms with Gasteiger partial charge in [-0.2, -0.15) is 0 Å². The first-order valence-electron chi connectivity index (χ1n) is 3.56. The molecule has 0 spiro atoms. The third-order valence-corrected chi connectivity index (χ3v) is 2.38. The molecule has 0 nitrogen and oxygen atoms in total. The van der Waals surface area contributed by atoms with Gasteiger partial charge < -0.3 is 0 Å². The molecule has 1 radical (unpaired) electrons. The second kappa shape index (κ2) is 6.81. The molecule has 0 aromatic rings. The van der Waals surface area contributed by atoms with E-state index in [-0.39, 0.29) is 0 Å². The number of rotatable bonds is 5. The maximum Gasteiger partial charge on any atom is 0.00479 e. The molecule has 2 heteroatoms. The van der Waals surface area contributed by atoms with Crippen LogP contribution in [0.1, 0.15) is 33.1 Å². The number of hydrogen-bond donors (Lipinski definition) is 0. The second-order valence-corrected chi connectivity index (χ2v) is 3.86. The maximum atomic E-state index is 4.77. The zero-order chi connectivity index (χ0) is 7.11. The van der Waals surface area contributed by atoms with E-state index < -0.39 is 0 Å². The number of hydrogen-bond acceptors (Lipinski definition) is 1. The van der Waals surface area contributed by atoms with E-state index in [0.29, 0.717) is 0 Å². The maximum absolute atomic E-state index is 4.77. The van der Waals surface area contributed by atoms with E-state index in [0.717, 1.165) is 11.7 Å². The SMILES string of the molecule is CCCC(C)CCS[S]. The summed E-state index contributed by atoms with van der Waals surface area (Å²) in [6, 6.07) is 0. The monoisotopic (exact) mass is 163 g/mol. The Morgan fingerprint density at radius 2 is 2.11 bits per heavy atom. The molecule has 0 fully saturated rings. The molecular formula is C7H15S2. The van der Waals surface area contributed by atoms with E-state index in [1.54, 1.807) is 0 Å². The highest BCUT2D eigenvalue weighted by Gasteiger charge is 1.98. The predicted octanol–water partition coefficient (Wildman–Crippen LogP) is 3.66. The Balaban J connectivity index is 2.95. The molecule has 1 atom stereocenters. The molecule has 0 heterocycles. The first-order valence-corrected chi connectivity index (χ1v) is 5.47. The molecule has 0 aliphatic heterocycles. The third kappa shape index (κ3) is 6.59. The Labute approximate surface area is 67.6 Å². The van der Waals surface area contributed by atoms with Gasteiger partial charge in [0, 0.05) is 5.75 Å². The average Bonchev–Trinajstić information content (AvgIpc) is 1.85. The third-order valence-electron chi connectivity index (χ3n) is 1.48. The highest BCUT2D eigenvalue weighted by molar-refractivity contribution is 8.68. The van der Waals surface area contributed by atoms with Gasteiger partial charge in [0.25, 0.3) is 0 Å². The van der Waals surface area contributed by atoms with Gasteiger partial charge in [-0.3, -0.25) is 0 Å². The van der Waals surface area contributed by atoms with Crippen LogP contribution >= 0.6 is 22.5 Å². The Morgan fingerprint density at radius 1 is 1.44 bits per heavy atom. The molecular weight excluding hydrogens is 148 g/mol. The summed E-state index contributed by atoms with van der Waals surface area (Å²) in [5.41, 5.74) is 0. The molecule has 0 aliphatic carbocycles. The van der Waals surface area contributed by atoms with Crippen LogP contribution in [-0.4, -0.2) is 5.75 Å². The van der Waals surface area contributed by atoms with E-state index in [9.17, 15) is 0 Å². The summed E-state index contributed by atoms with van der Waals surface area (Å²) in [6.07, 6.45) is 3.96. The fourth-order valence-electron chi connectivity index (χ4n) is 0.886. The summed E-state index contributed by atoms with van der Waals surface area (Å²) in [5, 5.41) is 0. The zero-order valence-corrected chi connectivity index (χ0v) is 7.86. The Kier molecular flexibility index (Phi) is 7.34. The average molecular weight is 163 g/mol. The van der Waals surface area contributed by atoms with Gasteiger partial charge in [0.1, 0.15) is 0 Å². The normalized spacial score (nSPS) is 13.7. The largest absolute Gasteiger partial charge is 0.0817 e. The van der Waals surface area contributed by atoms with E-state index >= 15 is 0 Å². The van der Waals surface area contributed by atoms with E-state index in [1.807, 2.05) is 0 Å². The van der Waals surface area contributed by atoms with Gasteiger partial charge in [0.2, 0.25) is 0 Å². The van der Waals surface area contributed by atoms with Crippen molar-refractivity contribution in [1.29, 1.82) is 0 Å². The predicted molar refractivity (Wildman–Crippen MR) is 48.7 cm³/mol. The highest BCUT2D eigenvalue weighted by Crippen LogP contribution is 2.15. The van der Waals surface area contributed by atoms with Crippen molar-refractivity contribution in [1.82, 2.24) is 0 Å². The molecule has 9 heavy (non-hydrogen) atoms. The van der Waals surface area contributed by atoms with Crippen molar-refractivity contribution in [2.45, 2.75) is 33.1 Å². The standard InChI is InChI=1S/C7H15S2/c1-3-4-7(2)5-6-9-8/h7H,3-6H2,1-2H3. The second-order valence-electron chi connectivity index (χ2n) is 2.50. The molecule has 0 aromatic heterocycles. The Morgan fingerprint density at radius 3 is 2.56 bits per heavy atom. The minimum Gasteiger partial charge on any atom is -0.0817 e. The first kappa shape index (κ1) is 9.70. The van der Waals surface area contributed by atoms with E-state index in [2.05, 4.69) is 13.8 Å². The Hall–Kier alpha value is 0.700. The van der Waals surface area contributed by atoms with Crippen LogP contribution in [0.2, 0.25) is 0 Å². The fraction of sp³-hybridized carbons (Fsp3) is 1.00. The van der Waals surface area contributed by atoms with Crippen molar-refractivity contribution in [3.8, 4) is 0 Å². The van der Waals surface area contributed by atoms with Crippen molar-refractivity contribution >= 4 is 22.5 Å². The molecule has 1 unspecified atom stereocenters. The Bertz CT molecular complexity index is 54.9. The van der Waals surface area contributed by atoms with Crippen LogP contribution in [-0.2, 0) is 0 Å². The molecule has 0 saturated carbocycles. The van der Waals surface area contributed by atoms with Crippen molar-refractivity contribution in [2.24, 2.45) is 5.92 Å². The molecule has 0 bridgehead atoms. The topological polar surface area (TPSA) is 0 Å². The van der Waals surface area contributed by atoms with Gasteiger partial charge in [-0.15, -0.1) is 0 Å². The van der Waals surface area contributed by atoms with E-state index in [1.165, 1.54) is 30.1 Å². The lowest BCUT2D eigenvalue weighted by atomic mass is 10.0. The molecule has 0 N–H and O–H groups in total. The van der Waals surface area contributed by atoms with Crippen LogP contribution in [0.3, 0.4) is 0 Å². The fourth-order valence-corrected chi connectivity index (χ4v) is 1.67. The smallest absolute Gasteiger partial charge is 0.00479 e. The molecule has 0 saturated heterocycles. The van der Waals surface area contributed by atoms with Crippen LogP contribution in [0.4, 0.5) is 0 Å². The lowest BCUT2D eigenvalue weighted by Crippen LogP contribution is -1.94. The van der Waals surface area contributed by atoms with Crippen molar-refractivity contribution in [2.75, 3.05) is 5.75 Å². The summed E-state index contributed by atoms with van der Waals surface area (Å²) >= 11 is 4.77. The lowest BCUT2D eigenvalue weighted by Gasteiger charge is -2.06. The van der Waals surface area contributed by atoms with Crippen LogP contribution in [0.15, 0.2) is 0 Å². The first-order chi connectivity index (χ1) is 4.31. The van der Waals surface area contributed by atoms with Crippen LogP contribution in [0, 0.1) is 5.92 Å². The van der Waals surface area contributed by atoms with Gasteiger partial charge in [-0.25, -0.2) is 0 Å². The molecule has 0 amide bonds. The van der Waals surface area contributed by atoms with Crippen LogP contribution in [0.25, 0.3) is 0 Å². The van der Waals surface area contributed by atoms with Crippen molar-refractivity contribution in [3.63, 3.8) is 0 Å². The molecule has 55 valence electrons. The van der Waals surface area contributed by atoms with Crippen molar-refractivity contribution < 1.29 is 0 Å². The summed E-state index contributed by atoms with van der Waals surface area (Å²) < 4.78 is 0. The minimum absolute atomic E-state index is 0.880. The van der Waals surface area contributed by atoms with E-state index in [4.69, 9.17) is 11.7 Å².